The van der Waals surface area contributed by atoms with Crippen molar-refractivity contribution in [1.82, 2.24) is 19.1 Å². The lowest BCUT2D eigenvalue weighted by Crippen LogP contribution is -2.50. The molecular weight excluding hydrogens is 488 g/mol. The maximum absolute atomic E-state index is 13.3. The quantitative estimate of drug-likeness (QED) is 0.233. The van der Waals surface area contributed by atoms with Gasteiger partial charge in [-0.05, 0) is 36.0 Å². The number of likely N-dealkylation sites (N-methyl/N-ethyl adjacent to an activating group) is 1. The molecule has 0 saturated carbocycles. The van der Waals surface area contributed by atoms with Crippen LogP contribution in [0.2, 0.25) is 0 Å². The topological polar surface area (TPSA) is 132 Å². The van der Waals surface area contributed by atoms with Crippen LogP contribution in [0.5, 0.6) is 0 Å². The second-order valence-electron chi connectivity index (χ2n) is 8.78. The van der Waals surface area contributed by atoms with Crippen LogP contribution in [0.1, 0.15) is 25.9 Å². The molecule has 3 aromatic rings. The second kappa shape index (κ2) is 9.19. The summed E-state index contributed by atoms with van der Waals surface area (Å²) in [4.78, 5) is 22.8. The van der Waals surface area contributed by atoms with E-state index < -0.39 is 10.0 Å². The minimum absolute atomic E-state index is 0.0472. The molecule has 2 aliphatic rings. The molecule has 1 aromatic heterocycles. The number of hydrogen-bond acceptors (Lipinski definition) is 8. The molecule has 0 unspecified atom stereocenters. The summed E-state index contributed by atoms with van der Waals surface area (Å²) < 4.78 is 28.1. The number of oxime groups is 1. The summed E-state index contributed by atoms with van der Waals surface area (Å²) in [6.45, 7) is 2.78. The lowest BCUT2D eigenvalue weighted by molar-refractivity contribution is 0.0697. The molecule has 2 aromatic carbocycles. The first-order valence-corrected chi connectivity index (χ1v) is 13.5. The Balaban J connectivity index is 1.30. The molecule has 10 nitrogen and oxygen atoms in total. The zero-order valence-corrected chi connectivity index (χ0v) is 20.8. The van der Waals surface area contributed by atoms with Gasteiger partial charge in [0.2, 0.25) is 10.0 Å². The number of sulfonamides is 1. The number of piperazine rings is 1. The Kier molecular flexibility index (Phi) is 6.21. The molecule has 1 saturated heterocycles. The molecule has 0 aliphatic carbocycles. The van der Waals surface area contributed by atoms with Crippen LogP contribution >= 0.6 is 11.3 Å². The van der Waals surface area contributed by atoms with E-state index in [4.69, 9.17) is 10.9 Å². The van der Waals surface area contributed by atoms with Crippen LogP contribution in [0, 0.1) is 0 Å². The van der Waals surface area contributed by atoms with Gasteiger partial charge in [-0.15, -0.1) is 11.3 Å². The Morgan fingerprint density at radius 2 is 1.83 bits per heavy atom. The molecule has 35 heavy (non-hydrogen) atoms. The van der Waals surface area contributed by atoms with Gasteiger partial charge in [-0.25, -0.2) is 13.4 Å². The average molecular weight is 515 g/mol. The Morgan fingerprint density at radius 1 is 1.09 bits per heavy atom. The van der Waals surface area contributed by atoms with Gasteiger partial charge in [0.05, 0.1) is 10.6 Å². The van der Waals surface area contributed by atoms with E-state index in [-0.39, 0.29) is 29.7 Å². The molecule has 0 radical (unpaired) electrons. The molecule has 0 spiro atoms. The van der Waals surface area contributed by atoms with Crippen molar-refractivity contribution >= 4 is 43.9 Å². The van der Waals surface area contributed by atoms with Gasteiger partial charge in [0.1, 0.15) is 0 Å². The molecule has 0 atom stereocenters. The van der Waals surface area contributed by atoms with Gasteiger partial charge in [-0.3, -0.25) is 4.79 Å². The first-order valence-electron chi connectivity index (χ1n) is 11.2. The van der Waals surface area contributed by atoms with E-state index in [1.807, 2.05) is 0 Å². The minimum atomic E-state index is -3.75. The molecule has 2 aliphatic heterocycles. The summed E-state index contributed by atoms with van der Waals surface area (Å²) in [7, 11) is -1.70. The van der Waals surface area contributed by atoms with Crippen molar-refractivity contribution in [2.75, 3.05) is 39.8 Å². The number of fused-ring (bicyclic) bond motifs is 2. The summed E-state index contributed by atoms with van der Waals surface area (Å²) in [5, 5.41) is 13.9. The van der Waals surface area contributed by atoms with Crippen LogP contribution in [0.15, 0.2) is 46.4 Å². The van der Waals surface area contributed by atoms with Gasteiger partial charge in [0.25, 0.3) is 5.91 Å². The average Bonchev–Trinajstić information content (AvgIpc) is 3.30. The van der Waals surface area contributed by atoms with Crippen LogP contribution in [0.25, 0.3) is 10.8 Å². The van der Waals surface area contributed by atoms with Crippen LogP contribution in [-0.2, 0) is 23.0 Å². The summed E-state index contributed by atoms with van der Waals surface area (Å²) in [5.74, 6) is -0.181. The molecule has 3 heterocycles. The molecule has 184 valence electrons. The Labute approximate surface area is 207 Å². The van der Waals surface area contributed by atoms with E-state index >= 15 is 0 Å². The van der Waals surface area contributed by atoms with Gasteiger partial charge in [0.15, 0.2) is 10.8 Å². The van der Waals surface area contributed by atoms with Crippen LogP contribution in [-0.4, -0.2) is 84.2 Å². The predicted molar refractivity (Wildman–Crippen MR) is 133 cm³/mol. The Hall–Kier alpha value is -3.06. The van der Waals surface area contributed by atoms with Gasteiger partial charge >= 0.3 is 0 Å². The first kappa shape index (κ1) is 23.7. The van der Waals surface area contributed by atoms with E-state index in [1.54, 1.807) is 41.3 Å². The van der Waals surface area contributed by atoms with Crippen LogP contribution in [0.4, 0.5) is 0 Å². The van der Waals surface area contributed by atoms with Crippen molar-refractivity contribution in [3.05, 3.63) is 57.5 Å². The minimum Gasteiger partial charge on any atom is -0.409 e. The normalized spacial score (nSPS) is 18.1. The van der Waals surface area contributed by atoms with Crippen molar-refractivity contribution in [2.45, 2.75) is 17.9 Å². The molecule has 3 N–H and O–H groups in total. The summed E-state index contributed by atoms with van der Waals surface area (Å²) >= 11 is 1.44. The maximum Gasteiger partial charge on any atom is 0.282 e. The second-order valence-corrected chi connectivity index (χ2v) is 11.8. The third kappa shape index (κ3) is 4.49. The number of amidine groups is 1. The van der Waals surface area contributed by atoms with Crippen molar-refractivity contribution in [3.63, 3.8) is 0 Å². The fraction of sp³-hybridized carbons (Fsp3) is 0.348. The van der Waals surface area contributed by atoms with Crippen LogP contribution < -0.4 is 5.73 Å². The highest BCUT2D eigenvalue weighted by molar-refractivity contribution is 7.89. The number of aromatic nitrogens is 1. The Morgan fingerprint density at radius 3 is 2.57 bits per heavy atom. The number of nitrogens with zero attached hydrogens (tertiary/aromatic N) is 5. The van der Waals surface area contributed by atoms with E-state index in [0.29, 0.717) is 29.0 Å². The number of rotatable bonds is 4. The van der Waals surface area contributed by atoms with Crippen molar-refractivity contribution in [3.8, 4) is 0 Å². The fourth-order valence-electron chi connectivity index (χ4n) is 4.43. The summed E-state index contributed by atoms with van der Waals surface area (Å²) in [6, 6.07) is 10.1. The number of thiazole rings is 1. The van der Waals surface area contributed by atoms with E-state index in [9.17, 15) is 13.2 Å². The highest BCUT2D eigenvalue weighted by Crippen LogP contribution is 2.27. The van der Waals surface area contributed by atoms with Crippen molar-refractivity contribution in [1.29, 1.82) is 0 Å². The smallest absolute Gasteiger partial charge is 0.282 e. The molecular formula is C23H26N6O4S2. The third-order valence-electron chi connectivity index (χ3n) is 6.48. The van der Waals surface area contributed by atoms with E-state index in [1.165, 1.54) is 15.6 Å². The maximum atomic E-state index is 13.3. The van der Waals surface area contributed by atoms with Gasteiger partial charge < -0.3 is 20.7 Å². The third-order valence-corrected chi connectivity index (χ3v) is 9.45. The molecule has 1 amide bonds. The highest BCUT2D eigenvalue weighted by atomic mass is 32.2. The Bertz CT molecular complexity index is 1430. The number of carbonyl (C=O) groups is 1. The number of amides is 1. The van der Waals surface area contributed by atoms with Crippen molar-refractivity contribution in [2.24, 2.45) is 10.9 Å². The van der Waals surface area contributed by atoms with Gasteiger partial charge in [-0.2, -0.15) is 4.31 Å². The molecule has 1 fully saturated rings. The molecule has 5 rings (SSSR count). The standard InChI is InChI=1S/C23H26N6O4S2/c1-27-7-6-19-20(14-27)34-22(25-19)23(30)28-8-10-29(11-9-28)35(32,33)18-5-4-15-2-3-16(21(24)26-31)12-17(15)13-18/h2-5,12-13,31H,6-11,14H2,1H3,(H2,24,26). The largest absolute Gasteiger partial charge is 0.409 e. The number of benzene rings is 2. The predicted octanol–water partition coefficient (Wildman–Crippen LogP) is 1.53. The molecule has 12 heteroatoms. The van der Waals surface area contributed by atoms with E-state index in [2.05, 4.69) is 22.1 Å². The lowest BCUT2D eigenvalue weighted by atomic mass is 10.1. The highest BCUT2D eigenvalue weighted by Gasteiger charge is 2.32. The summed E-state index contributed by atoms with van der Waals surface area (Å²) in [6.07, 6.45) is 0.842. The zero-order chi connectivity index (χ0) is 24.7. The first-order chi connectivity index (χ1) is 16.8. The number of hydrogen-bond donors (Lipinski definition) is 2. The van der Waals surface area contributed by atoms with Gasteiger partial charge in [-0.1, -0.05) is 23.4 Å². The SMILES string of the molecule is CN1CCc2nc(C(=O)N3CCN(S(=O)(=O)c4ccc5ccc(C(N)=NO)cc5c4)CC3)sc2C1. The number of nitrogens with two attached hydrogens (primary N) is 1. The monoisotopic (exact) mass is 514 g/mol. The zero-order valence-electron chi connectivity index (χ0n) is 19.2. The van der Waals surface area contributed by atoms with E-state index in [0.717, 1.165) is 35.5 Å². The fourth-order valence-corrected chi connectivity index (χ4v) is 7.05. The van der Waals surface area contributed by atoms with Crippen LogP contribution in [0.3, 0.4) is 0 Å². The summed E-state index contributed by atoms with van der Waals surface area (Å²) in [5.41, 5.74) is 7.18. The molecule has 0 bridgehead atoms. The van der Waals surface area contributed by atoms with Crippen molar-refractivity contribution < 1.29 is 18.4 Å². The van der Waals surface area contributed by atoms with Gasteiger partial charge in [0, 0.05) is 56.1 Å². The number of carbonyl (C=O) groups excluding carboxylic acids is 1. The lowest BCUT2D eigenvalue weighted by Gasteiger charge is -2.33.